The average molecular weight is 311 g/mol. The predicted molar refractivity (Wildman–Crippen MR) is 81.4 cm³/mol. The van der Waals surface area contributed by atoms with E-state index in [0.29, 0.717) is 10.8 Å². The largest absolute Gasteiger partial charge is 0.478 e. The Labute approximate surface area is 123 Å². The maximum atomic E-state index is 10.9. The minimum atomic E-state index is -0.874. The van der Waals surface area contributed by atoms with Crippen LogP contribution < -0.4 is 0 Å². The molecule has 1 saturated heterocycles. The lowest BCUT2D eigenvalue weighted by Gasteiger charge is -2.18. The fourth-order valence-corrected chi connectivity index (χ4v) is 5.37. The van der Waals surface area contributed by atoms with Crippen LogP contribution in [0.25, 0.3) is 10.6 Å². The van der Waals surface area contributed by atoms with Gasteiger partial charge in [-0.25, -0.2) is 9.78 Å². The van der Waals surface area contributed by atoms with Crippen LogP contribution in [0.15, 0.2) is 16.8 Å². The first-order valence-corrected chi connectivity index (χ1v) is 8.94. The molecule has 1 unspecified atom stereocenters. The molecule has 2 aromatic rings. The Bertz CT molecular complexity index is 584. The first-order chi connectivity index (χ1) is 9.24. The molecule has 1 aliphatic rings. The molecule has 0 amide bonds. The molecular formula is C13H13NO2S3. The summed E-state index contributed by atoms with van der Waals surface area (Å²) in [6, 6.07) is 1.71. The van der Waals surface area contributed by atoms with Crippen molar-refractivity contribution in [2.45, 2.75) is 24.5 Å². The second-order valence-electron chi connectivity index (χ2n) is 4.43. The number of carbonyl (C=O) groups is 1. The van der Waals surface area contributed by atoms with Gasteiger partial charge in [-0.3, -0.25) is 0 Å². The van der Waals surface area contributed by atoms with Gasteiger partial charge in [0.2, 0.25) is 0 Å². The third-order valence-corrected chi connectivity index (χ3v) is 6.52. The van der Waals surface area contributed by atoms with Gasteiger partial charge in [0.1, 0.15) is 5.01 Å². The second-order valence-corrected chi connectivity index (χ2v) is 7.54. The van der Waals surface area contributed by atoms with E-state index >= 15 is 0 Å². The highest BCUT2D eigenvalue weighted by atomic mass is 32.2. The van der Waals surface area contributed by atoms with Gasteiger partial charge in [0.15, 0.2) is 0 Å². The number of rotatable bonds is 3. The van der Waals surface area contributed by atoms with Crippen molar-refractivity contribution in [1.29, 1.82) is 0 Å². The van der Waals surface area contributed by atoms with E-state index < -0.39 is 5.97 Å². The molecule has 1 atom stereocenters. The van der Waals surface area contributed by atoms with Crippen molar-refractivity contribution in [3.05, 3.63) is 27.4 Å². The molecule has 0 radical (unpaired) electrons. The number of aromatic carboxylic acids is 1. The normalized spacial score (nSPS) is 19.5. The van der Waals surface area contributed by atoms with E-state index in [0.717, 1.165) is 10.6 Å². The van der Waals surface area contributed by atoms with Crippen molar-refractivity contribution in [2.75, 3.05) is 5.75 Å². The Balaban J connectivity index is 1.81. The number of carboxylic acids is 1. The zero-order valence-corrected chi connectivity index (χ0v) is 12.6. The maximum absolute atomic E-state index is 10.9. The maximum Gasteiger partial charge on any atom is 0.336 e. The zero-order chi connectivity index (χ0) is 13.2. The molecule has 3 heterocycles. The molecule has 1 N–H and O–H groups in total. The third kappa shape index (κ3) is 2.85. The van der Waals surface area contributed by atoms with Crippen molar-refractivity contribution < 1.29 is 9.90 Å². The Morgan fingerprint density at radius 1 is 1.32 bits per heavy atom. The summed E-state index contributed by atoms with van der Waals surface area (Å²) in [6.07, 6.45) is 3.81. The van der Waals surface area contributed by atoms with Gasteiger partial charge >= 0.3 is 5.97 Å². The van der Waals surface area contributed by atoms with Gasteiger partial charge in [0.25, 0.3) is 0 Å². The number of aromatic nitrogens is 1. The molecule has 1 aliphatic heterocycles. The topological polar surface area (TPSA) is 50.2 Å². The SMILES string of the molecule is O=C(O)c1csc(-c2csc(C3CCCCS3)n2)c1. The number of thioether (sulfide) groups is 1. The average Bonchev–Trinajstić information content (AvgIpc) is 3.09. The van der Waals surface area contributed by atoms with Gasteiger partial charge in [0.05, 0.1) is 21.4 Å². The van der Waals surface area contributed by atoms with Crippen LogP contribution in [0.1, 0.15) is 39.9 Å². The first kappa shape index (κ1) is 13.1. The molecule has 0 bridgehead atoms. The molecule has 0 saturated carbocycles. The van der Waals surface area contributed by atoms with Crippen LogP contribution in [-0.4, -0.2) is 21.8 Å². The van der Waals surface area contributed by atoms with Crippen LogP contribution in [-0.2, 0) is 0 Å². The number of hydrogen-bond acceptors (Lipinski definition) is 5. The van der Waals surface area contributed by atoms with Crippen molar-refractivity contribution in [1.82, 2.24) is 4.98 Å². The lowest BCUT2D eigenvalue weighted by atomic mass is 10.2. The van der Waals surface area contributed by atoms with Crippen LogP contribution >= 0.6 is 34.4 Å². The molecule has 100 valence electrons. The number of hydrogen-bond donors (Lipinski definition) is 1. The van der Waals surface area contributed by atoms with Gasteiger partial charge in [-0.15, -0.1) is 22.7 Å². The fourth-order valence-electron chi connectivity index (χ4n) is 2.07. The van der Waals surface area contributed by atoms with Crippen molar-refractivity contribution in [3.63, 3.8) is 0 Å². The molecule has 6 heteroatoms. The first-order valence-electron chi connectivity index (χ1n) is 6.13. The molecule has 2 aromatic heterocycles. The van der Waals surface area contributed by atoms with Gasteiger partial charge in [-0.05, 0) is 24.7 Å². The lowest BCUT2D eigenvalue weighted by Crippen LogP contribution is -2.01. The van der Waals surface area contributed by atoms with Crippen molar-refractivity contribution >= 4 is 40.4 Å². The van der Waals surface area contributed by atoms with Crippen LogP contribution in [0.5, 0.6) is 0 Å². The number of carboxylic acid groups (broad SMARTS) is 1. The summed E-state index contributed by atoms with van der Waals surface area (Å²) in [5, 5.41) is 14.4. The molecule has 19 heavy (non-hydrogen) atoms. The highest BCUT2D eigenvalue weighted by molar-refractivity contribution is 7.99. The molecule has 1 fully saturated rings. The summed E-state index contributed by atoms with van der Waals surface area (Å²) in [4.78, 5) is 16.5. The van der Waals surface area contributed by atoms with E-state index in [2.05, 4.69) is 0 Å². The van der Waals surface area contributed by atoms with E-state index in [1.165, 1.54) is 41.4 Å². The van der Waals surface area contributed by atoms with E-state index in [-0.39, 0.29) is 0 Å². The number of thiazole rings is 1. The summed E-state index contributed by atoms with van der Waals surface area (Å²) in [6.45, 7) is 0. The summed E-state index contributed by atoms with van der Waals surface area (Å²) >= 11 is 5.14. The summed E-state index contributed by atoms with van der Waals surface area (Å²) in [5.74, 6) is 0.350. The Morgan fingerprint density at radius 3 is 2.89 bits per heavy atom. The Morgan fingerprint density at radius 2 is 2.21 bits per heavy atom. The fraction of sp³-hybridized carbons (Fsp3) is 0.385. The second kappa shape index (κ2) is 5.64. The smallest absolute Gasteiger partial charge is 0.336 e. The van der Waals surface area contributed by atoms with E-state index in [1.807, 2.05) is 17.1 Å². The molecule has 0 spiro atoms. The van der Waals surface area contributed by atoms with Crippen LogP contribution in [0.4, 0.5) is 0 Å². The van der Waals surface area contributed by atoms with Gasteiger partial charge in [-0.1, -0.05) is 6.42 Å². The van der Waals surface area contributed by atoms with Gasteiger partial charge in [-0.2, -0.15) is 11.8 Å². The van der Waals surface area contributed by atoms with Crippen LogP contribution in [0.3, 0.4) is 0 Å². The van der Waals surface area contributed by atoms with E-state index in [1.54, 1.807) is 22.8 Å². The molecule has 3 rings (SSSR count). The summed E-state index contributed by atoms with van der Waals surface area (Å²) in [5.41, 5.74) is 1.27. The van der Waals surface area contributed by atoms with E-state index in [4.69, 9.17) is 10.1 Å². The standard InChI is InChI=1S/C13H13NO2S3/c15-13(16)8-5-11(18-6-8)9-7-19-12(14-9)10-3-1-2-4-17-10/h5-7,10H,1-4H2,(H,15,16). The summed E-state index contributed by atoms with van der Waals surface area (Å²) in [7, 11) is 0. The Hall–Kier alpha value is -0.850. The third-order valence-electron chi connectivity index (χ3n) is 3.08. The minimum Gasteiger partial charge on any atom is -0.478 e. The lowest BCUT2D eigenvalue weighted by molar-refractivity contribution is 0.0697. The van der Waals surface area contributed by atoms with Gasteiger partial charge in [0, 0.05) is 10.8 Å². The number of thiophene rings is 1. The summed E-state index contributed by atoms with van der Waals surface area (Å²) < 4.78 is 0. The van der Waals surface area contributed by atoms with E-state index in [9.17, 15) is 4.79 Å². The quantitative estimate of drug-likeness (QED) is 0.905. The predicted octanol–water partition coefficient (Wildman–Crippen LogP) is 4.53. The molecule has 0 aromatic carbocycles. The van der Waals surface area contributed by atoms with Crippen molar-refractivity contribution in [3.8, 4) is 10.6 Å². The van der Waals surface area contributed by atoms with Crippen LogP contribution in [0.2, 0.25) is 0 Å². The van der Waals surface area contributed by atoms with Gasteiger partial charge < -0.3 is 5.11 Å². The molecule has 0 aliphatic carbocycles. The Kier molecular flexibility index (Phi) is 3.91. The minimum absolute atomic E-state index is 0.349. The molecule has 3 nitrogen and oxygen atoms in total. The zero-order valence-electron chi connectivity index (χ0n) is 10.2. The highest BCUT2D eigenvalue weighted by Gasteiger charge is 2.20. The molecular weight excluding hydrogens is 298 g/mol. The highest BCUT2D eigenvalue weighted by Crippen LogP contribution is 2.41. The number of nitrogens with zero attached hydrogens (tertiary/aromatic N) is 1. The van der Waals surface area contributed by atoms with Crippen molar-refractivity contribution in [2.24, 2.45) is 0 Å². The monoisotopic (exact) mass is 311 g/mol. The van der Waals surface area contributed by atoms with Crippen LogP contribution in [0, 0.1) is 0 Å².